The summed E-state index contributed by atoms with van der Waals surface area (Å²) < 4.78 is 10.9. The van der Waals surface area contributed by atoms with Crippen molar-refractivity contribution in [2.75, 3.05) is 19.7 Å². The topological polar surface area (TPSA) is 91.9 Å². The van der Waals surface area contributed by atoms with Crippen LogP contribution in [0.4, 0.5) is 0 Å². The predicted octanol–water partition coefficient (Wildman–Crippen LogP) is 3.49. The highest BCUT2D eigenvalue weighted by atomic mass is 35.5. The highest BCUT2D eigenvalue weighted by Gasteiger charge is 2.11. The van der Waals surface area contributed by atoms with Crippen LogP contribution in [0.25, 0.3) is 11.0 Å². The van der Waals surface area contributed by atoms with Gasteiger partial charge >= 0.3 is 5.97 Å². The number of hydrogen-bond donors (Lipinski definition) is 3. The third-order valence-electron chi connectivity index (χ3n) is 3.82. The van der Waals surface area contributed by atoms with E-state index in [0.717, 1.165) is 5.56 Å². The number of aliphatic hydroxyl groups is 1. The van der Waals surface area contributed by atoms with Gasteiger partial charge in [0.25, 0.3) is 0 Å². The summed E-state index contributed by atoms with van der Waals surface area (Å²) in [6.45, 7) is 1.30. The van der Waals surface area contributed by atoms with Gasteiger partial charge in [0, 0.05) is 29.6 Å². The first-order valence-electron chi connectivity index (χ1n) is 8.07. The Bertz CT molecular complexity index is 908. The number of nitrogens with one attached hydrogen (secondary N) is 1. The Labute approximate surface area is 155 Å². The lowest BCUT2D eigenvalue weighted by atomic mass is 10.1. The molecule has 1 atom stereocenters. The van der Waals surface area contributed by atoms with E-state index < -0.39 is 12.1 Å². The maximum atomic E-state index is 10.9. The van der Waals surface area contributed by atoms with E-state index >= 15 is 0 Å². The number of aromatic carboxylic acids is 1. The fourth-order valence-corrected chi connectivity index (χ4v) is 2.72. The van der Waals surface area contributed by atoms with Crippen LogP contribution in [0.5, 0.6) is 5.75 Å². The molecule has 0 spiro atoms. The third kappa shape index (κ3) is 4.54. The van der Waals surface area contributed by atoms with Gasteiger partial charge in [-0.1, -0.05) is 23.7 Å². The number of ether oxygens (including phenoxy) is 1. The van der Waals surface area contributed by atoms with E-state index in [0.29, 0.717) is 41.4 Å². The summed E-state index contributed by atoms with van der Waals surface area (Å²) in [5.41, 5.74) is 1.22. The maximum absolute atomic E-state index is 10.9. The zero-order chi connectivity index (χ0) is 18.5. The highest BCUT2D eigenvalue weighted by molar-refractivity contribution is 6.30. The molecule has 0 aliphatic rings. The molecular formula is C19H18ClNO5. The fourth-order valence-electron chi connectivity index (χ4n) is 2.52. The Morgan fingerprint density at radius 1 is 1.23 bits per heavy atom. The monoisotopic (exact) mass is 375 g/mol. The lowest BCUT2D eigenvalue weighted by Crippen LogP contribution is -2.26. The second-order valence-electron chi connectivity index (χ2n) is 5.74. The van der Waals surface area contributed by atoms with Crippen molar-refractivity contribution in [3.8, 4) is 5.75 Å². The number of carbonyl (C=O) groups is 1. The van der Waals surface area contributed by atoms with Crippen LogP contribution in [-0.2, 0) is 0 Å². The normalized spacial score (nSPS) is 12.2. The lowest BCUT2D eigenvalue weighted by Gasteiger charge is -2.13. The first kappa shape index (κ1) is 18.3. The number of carboxylic acid groups (broad SMARTS) is 1. The van der Waals surface area contributed by atoms with E-state index in [-0.39, 0.29) is 5.76 Å². The maximum Gasteiger partial charge on any atom is 0.371 e. The van der Waals surface area contributed by atoms with Crippen LogP contribution in [0.2, 0.25) is 5.02 Å². The van der Waals surface area contributed by atoms with Crippen molar-refractivity contribution in [2.45, 2.75) is 6.10 Å². The number of carboxylic acids is 1. The second kappa shape index (κ2) is 8.23. The first-order chi connectivity index (χ1) is 12.5. The van der Waals surface area contributed by atoms with E-state index in [2.05, 4.69) is 5.32 Å². The van der Waals surface area contributed by atoms with Crippen molar-refractivity contribution >= 4 is 28.5 Å². The van der Waals surface area contributed by atoms with Gasteiger partial charge in [-0.15, -0.1) is 0 Å². The van der Waals surface area contributed by atoms with Gasteiger partial charge < -0.3 is 24.7 Å². The standard InChI is InChI=1S/C19H18ClNO5/c20-14-3-1-2-12(8-14)16(22)11-21-6-7-25-15-5-4-13-9-18(19(23)24)26-17(13)10-15/h1-5,8-10,16,21-22H,6-7,11H2,(H,23,24). The van der Waals surface area contributed by atoms with Gasteiger partial charge in [-0.25, -0.2) is 4.79 Å². The molecule has 7 heteroatoms. The summed E-state index contributed by atoms with van der Waals surface area (Å²) in [6, 6.07) is 13.7. The molecule has 0 aliphatic heterocycles. The molecule has 6 nitrogen and oxygen atoms in total. The van der Waals surface area contributed by atoms with Crippen molar-refractivity contribution in [1.82, 2.24) is 5.32 Å². The minimum atomic E-state index is -1.11. The lowest BCUT2D eigenvalue weighted by molar-refractivity contribution is 0.0665. The van der Waals surface area contributed by atoms with Crippen LogP contribution < -0.4 is 10.1 Å². The fraction of sp³-hybridized carbons (Fsp3) is 0.211. The number of aliphatic hydroxyl groups excluding tert-OH is 1. The molecule has 1 heterocycles. The quantitative estimate of drug-likeness (QED) is 0.522. The van der Waals surface area contributed by atoms with Crippen LogP contribution >= 0.6 is 11.6 Å². The van der Waals surface area contributed by atoms with E-state index in [1.54, 1.807) is 36.4 Å². The SMILES string of the molecule is O=C(O)c1cc2ccc(OCCNCC(O)c3cccc(Cl)c3)cc2o1. The van der Waals surface area contributed by atoms with Crippen molar-refractivity contribution in [1.29, 1.82) is 0 Å². The van der Waals surface area contributed by atoms with Crippen molar-refractivity contribution in [3.63, 3.8) is 0 Å². The van der Waals surface area contributed by atoms with E-state index in [1.165, 1.54) is 6.07 Å². The summed E-state index contributed by atoms with van der Waals surface area (Å²) in [6.07, 6.45) is -0.650. The predicted molar refractivity (Wildman–Crippen MR) is 97.9 cm³/mol. The van der Waals surface area contributed by atoms with Gasteiger partial charge in [-0.3, -0.25) is 0 Å². The summed E-state index contributed by atoms with van der Waals surface area (Å²) >= 11 is 5.91. The first-order valence-corrected chi connectivity index (χ1v) is 8.44. The van der Waals surface area contributed by atoms with Gasteiger partial charge in [0.2, 0.25) is 5.76 Å². The van der Waals surface area contributed by atoms with Gasteiger partial charge in [0.15, 0.2) is 0 Å². The average Bonchev–Trinajstić information content (AvgIpc) is 3.05. The minimum absolute atomic E-state index is 0.103. The summed E-state index contributed by atoms with van der Waals surface area (Å²) in [7, 11) is 0. The van der Waals surface area contributed by atoms with Crippen LogP contribution in [0, 0.1) is 0 Å². The molecule has 0 radical (unpaired) electrons. The van der Waals surface area contributed by atoms with E-state index in [9.17, 15) is 9.90 Å². The molecule has 2 aromatic carbocycles. The summed E-state index contributed by atoms with van der Waals surface area (Å²) in [5, 5.41) is 23.4. The Balaban J connectivity index is 1.46. The number of fused-ring (bicyclic) bond motifs is 1. The molecule has 26 heavy (non-hydrogen) atoms. The van der Waals surface area contributed by atoms with Gasteiger partial charge in [0.05, 0.1) is 6.10 Å². The molecule has 1 aromatic heterocycles. The Kier molecular flexibility index (Phi) is 5.78. The number of hydrogen-bond acceptors (Lipinski definition) is 5. The zero-order valence-electron chi connectivity index (χ0n) is 13.8. The molecule has 0 saturated carbocycles. The molecule has 3 aromatic rings. The number of benzene rings is 2. The number of rotatable bonds is 8. The van der Waals surface area contributed by atoms with Crippen LogP contribution in [0.3, 0.4) is 0 Å². The van der Waals surface area contributed by atoms with Crippen molar-refractivity contribution in [2.24, 2.45) is 0 Å². The Hall–Kier alpha value is -2.54. The zero-order valence-corrected chi connectivity index (χ0v) is 14.6. The van der Waals surface area contributed by atoms with Crippen LogP contribution in [0.15, 0.2) is 52.9 Å². The van der Waals surface area contributed by atoms with Crippen molar-refractivity contribution < 1.29 is 24.2 Å². The summed E-state index contributed by atoms with van der Waals surface area (Å²) in [5.74, 6) is -0.624. The molecule has 0 bridgehead atoms. The van der Waals surface area contributed by atoms with Crippen molar-refractivity contribution in [3.05, 3.63) is 64.9 Å². The molecule has 0 aliphatic carbocycles. The highest BCUT2D eigenvalue weighted by Crippen LogP contribution is 2.24. The Morgan fingerprint density at radius 3 is 2.85 bits per heavy atom. The van der Waals surface area contributed by atoms with Gasteiger partial charge in [0.1, 0.15) is 17.9 Å². The molecule has 1 unspecified atom stereocenters. The average molecular weight is 376 g/mol. The van der Waals surface area contributed by atoms with Gasteiger partial charge in [-0.2, -0.15) is 0 Å². The molecule has 0 fully saturated rings. The molecule has 0 saturated heterocycles. The second-order valence-corrected chi connectivity index (χ2v) is 6.18. The number of halogens is 1. The van der Waals surface area contributed by atoms with E-state index in [4.69, 9.17) is 25.9 Å². The molecule has 3 N–H and O–H groups in total. The third-order valence-corrected chi connectivity index (χ3v) is 4.06. The smallest absolute Gasteiger partial charge is 0.371 e. The Morgan fingerprint density at radius 2 is 2.08 bits per heavy atom. The molecular weight excluding hydrogens is 358 g/mol. The minimum Gasteiger partial charge on any atom is -0.492 e. The summed E-state index contributed by atoms with van der Waals surface area (Å²) in [4.78, 5) is 10.9. The van der Waals surface area contributed by atoms with Crippen LogP contribution in [-0.4, -0.2) is 35.9 Å². The molecule has 136 valence electrons. The van der Waals surface area contributed by atoms with Crippen LogP contribution in [0.1, 0.15) is 22.2 Å². The molecule has 0 amide bonds. The van der Waals surface area contributed by atoms with Gasteiger partial charge in [-0.05, 0) is 35.9 Å². The largest absolute Gasteiger partial charge is 0.492 e. The number of furan rings is 1. The van der Waals surface area contributed by atoms with E-state index in [1.807, 2.05) is 6.07 Å². The molecule has 3 rings (SSSR count).